The molecule has 9 heteroatoms. The zero-order chi connectivity index (χ0) is 16.9. The van der Waals surface area contributed by atoms with Crippen molar-refractivity contribution in [1.29, 1.82) is 0 Å². The van der Waals surface area contributed by atoms with Crippen LogP contribution in [0, 0.1) is 11.3 Å². The quantitative estimate of drug-likeness (QED) is 0.343. The zero-order valence-corrected chi connectivity index (χ0v) is 16.7. The maximum Gasteiger partial charge on any atom is 1.00 e. The minimum Gasteiger partial charge on any atom is -0.543 e. The summed E-state index contributed by atoms with van der Waals surface area (Å²) in [4.78, 5) is 33.8. The third kappa shape index (κ3) is 2.80. The Hall–Kier alpha value is -0.930. The van der Waals surface area contributed by atoms with Crippen molar-refractivity contribution in [3.63, 3.8) is 0 Å². The van der Waals surface area contributed by atoms with E-state index in [1.54, 1.807) is 25.4 Å². The summed E-state index contributed by atoms with van der Waals surface area (Å²) in [7, 11) is 0. The topological polar surface area (TPSA) is 106 Å². The van der Waals surface area contributed by atoms with Crippen LogP contribution in [-0.4, -0.2) is 44.0 Å². The number of fused-ring (bicyclic) bond motifs is 1. The SMILES string of the molecule is CC(O)C1C(=O)N2C(C(=O)[O-])=C(Sc3ncccn3)C(C)(C)C12.[Na+]. The molecule has 0 bridgehead atoms. The molecular formula is C15H16N3NaO4S. The maximum absolute atomic E-state index is 12.3. The number of carboxylic acid groups (broad SMARTS) is 1. The van der Waals surface area contributed by atoms with E-state index in [0.29, 0.717) is 10.1 Å². The van der Waals surface area contributed by atoms with Crippen molar-refractivity contribution in [2.75, 3.05) is 0 Å². The van der Waals surface area contributed by atoms with Crippen LogP contribution in [0.5, 0.6) is 0 Å². The normalized spacial score (nSPS) is 25.7. The molecule has 122 valence electrons. The third-order valence-corrected chi connectivity index (χ3v) is 5.69. The van der Waals surface area contributed by atoms with Crippen molar-refractivity contribution in [2.45, 2.75) is 38.1 Å². The van der Waals surface area contributed by atoms with Crippen LogP contribution >= 0.6 is 11.8 Å². The number of hydrogen-bond acceptors (Lipinski definition) is 7. The summed E-state index contributed by atoms with van der Waals surface area (Å²) in [6.07, 6.45) is 2.29. The summed E-state index contributed by atoms with van der Waals surface area (Å²) in [6, 6.07) is 1.26. The maximum atomic E-state index is 12.3. The van der Waals surface area contributed by atoms with Crippen molar-refractivity contribution in [3.8, 4) is 0 Å². The fourth-order valence-electron chi connectivity index (χ4n) is 3.35. The predicted molar refractivity (Wildman–Crippen MR) is 79.5 cm³/mol. The van der Waals surface area contributed by atoms with Gasteiger partial charge in [-0.15, -0.1) is 0 Å². The fraction of sp³-hybridized carbons (Fsp3) is 0.467. The predicted octanol–water partition coefficient (Wildman–Crippen LogP) is -3.22. The van der Waals surface area contributed by atoms with E-state index in [2.05, 4.69) is 9.97 Å². The monoisotopic (exact) mass is 357 g/mol. The van der Waals surface area contributed by atoms with Crippen molar-refractivity contribution >= 4 is 23.6 Å². The van der Waals surface area contributed by atoms with Gasteiger partial charge in [0, 0.05) is 22.7 Å². The van der Waals surface area contributed by atoms with Crippen molar-refractivity contribution in [1.82, 2.24) is 14.9 Å². The first-order chi connectivity index (χ1) is 10.8. The Balaban J connectivity index is 0.00000208. The second-order valence-corrected chi connectivity index (χ2v) is 7.22. The minimum atomic E-state index is -1.41. The number of β-lactam (4-membered cyclic amide) rings is 1. The molecule has 7 nitrogen and oxygen atoms in total. The number of rotatable bonds is 4. The van der Waals surface area contributed by atoms with Gasteiger partial charge in [0.15, 0.2) is 5.16 Å². The largest absolute Gasteiger partial charge is 1.00 e. The first-order valence-electron chi connectivity index (χ1n) is 7.19. The molecule has 2 aliphatic heterocycles. The molecule has 1 fully saturated rings. The fourth-order valence-corrected chi connectivity index (χ4v) is 4.42. The zero-order valence-electron chi connectivity index (χ0n) is 13.9. The van der Waals surface area contributed by atoms with E-state index >= 15 is 0 Å². The van der Waals surface area contributed by atoms with Crippen LogP contribution in [0.15, 0.2) is 34.2 Å². The van der Waals surface area contributed by atoms with Gasteiger partial charge in [0.1, 0.15) is 0 Å². The molecule has 3 unspecified atom stereocenters. The summed E-state index contributed by atoms with van der Waals surface area (Å²) < 4.78 is 0. The molecule has 1 N–H and O–H groups in total. The first-order valence-corrected chi connectivity index (χ1v) is 8.00. The van der Waals surface area contributed by atoms with Crippen molar-refractivity contribution in [3.05, 3.63) is 29.1 Å². The first kappa shape index (κ1) is 19.4. The number of aromatic nitrogens is 2. The van der Waals surface area contributed by atoms with Gasteiger partial charge in [0.05, 0.1) is 29.7 Å². The molecular weight excluding hydrogens is 341 g/mol. The van der Waals surface area contributed by atoms with E-state index in [9.17, 15) is 19.8 Å². The molecule has 3 rings (SSSR count). The Morgan fingerprint density at radius 3 is 2.50 bits per heavy atom. The summed E-state index contributed by atoms with van der Waals surface area (Å²) >= 11 is 1.12. The van der Waals surface area contributed by atoms with Gasteiger partial charge >= 0.3 is 29.6 Å². The van der Waals surface area contributed by atoms with Gasteiger partial charge in [-0.2, -0.15) is 0 Å². The molecule has 2 aliphatic rings. The van der Waals surface area contributed by atoms with Crippen LogP contribution in [0.4, 0.5) is 0 Å². The molecule has 0 saturated carbocycles. The van der Waals surface area contributed by atoms with E-state index in [1.807, 2.05) is 13.8 Å². The van der Waals surface area contributed by atoms with E-state index in [1.165, 1.54) is 4.90 Å². The molecule has 1 aromatic heterocycles. The molecule has 3 atom stereocenters. The Labute approximate surface area is 165 Å². The van der Waals surface area contributed by atoms with Gasteiger partial charge in [-0.3, -0.25) is 4.79 Å². The number of aliphatic hydroxyl groups excluding tert-OH is 1. The Morgan fingerprint density at radius 1 is 1.42 bits per heavy atom. The second kappa shape index (κ2) is 6.76. The molecule has 0 radical (unpaired) electrons. The minimum absolute atomic E-state index is 0. The van der Waals surface area contributed by atoms with Gasteiger partial charge in [0.2, 0.25) is 5.91 Å². The van der Waals surface area contributed by atoms with Crippen LogP contribution in [-0.2, 0) is 9.59 Å². The Morgan fingerprint density at radius 2 is 2.00 bits per heavy atom. The average Bonchev–Trinajstić information content (AvgIpc) is 2.66. The van der Waals surface area contributed by atoms with Gasteiger partial charge in [-0.25, -0.2) is 9.97 Å². The number of carboxylic acids is 1. The van der Waals surface area contributed by atoms with Crippen LogP contribution < -0.4 is 34.7 Å². The molecule has 0 aliphatic carbocycles. The van der Waals surface area contributed by atoms with E-state index < -0.39 is 29.4 Å². The Bertz CT molecular complexity index is 708. The molecule has 0 spiro atoms. The third-order valence-electron chi connectivity index (χ3n) is 4.37. The average molecular weight is 357 g/mol. The van der Waals surface area contributed by atoms with Gasteiger partial charge in [0.25, 0.3) is 0 Å². The number of nitrogens with zero attached hydrogens (tertiary/aromatic N) is 3. The summed E-state index contributed by atoms with van der Waals surface area (Å²) in [5.41, 5.74) is -0.783. The molecule has 1 amide bonds. The molecule has 3 heterocycles. The number of aliphatic carboxylic acids is 1. The smallest absolute Gasteiger partial charge is 0.543 e. The standard InChI is InChI=1S/C15H17N3O4S.Na/c1-7(19)8-10-15(2,3)11(23-14-16-5-4-6-17-14)9(13(21)22)18(10)12(8)20;/h4-8,10,19H,1-3H3,(H,21,22);/q;+1/p-1. The number of carbonyl (C=O) groups excluding carboxylic acids is 2. The van der Waals surface area contributed by atoms with Crippen LogP contribution in [0.25, 0.3) is 0 Å². The Kier molecular flexibility index (Phi) is 5.46. The number of hydrogen-bond donors (Lipinski definition) is 1. The molecule has 24 heavy (non-hydrogen) atoms. The summed E-state index contributed by atoms with van der Waals surface area (Å²) in [6.45, 7) is 5.25. The second-order valence-electron chi connectivity index (χ2n) is 6.24. The van der Waals surface area contributed by atoms with Gasteiger partial charge < -0.3 is 19.9 Å². The number of amides is 1. The van der Waals surface area contributed by atoms with E-state index in [0.717, 1.165) is 11.8 Å². The van der Waals surface area contributed by atoms with Crippen LogP contribution in [0.2, 0.25) is 0 Å². The summed E-state index contributed by atoms with van der Waals surface area (Å²) in [5, 5.41) is 21.9. The molecule has 1 saturated heterocycles. The van der Waals surface area contributed by atoms with E-state index in [4.69, 9.17) is 0 Å². The molecule has 0 aromatic carbocycles. The summed E-state index contributed by atoms with van der Waals surface area (Å²) in [5.74, 6) is -2.41. The van der Waals surface area contributed by atoms with Gasteiger partial charge in [-0.05, 0) is 13.0 Å². The number of aliphatic hydroxyl groups is 1. The molecule has 1 aromatic rings. The van der Waals surface area contributed by atoms with Crippen molar-refractivity contribution < 1.29 is 49.4 Å². The van der Waals surface area contributed by atoms with Crippen molar-refractivity contribution in [2.24, 2.45) is 11.3 Å². The van der Waals surface area contributed by atoms with Gasteiger partial charge in [-0.1, -0.05) is 25.6 Å². The van der Waals surface area contributed by atoms with Crippen LogP contribution in [0.3, 0.4) is 0 Å². The number of thioether (sulfide) groups is 1. The number of carbonyl (C=O) groups is 2. The van der Waals surface area contributed by atoms with E-state index in [-0.39, 0.29) is 41.2 Å². The van der Waals surface area contributed by atoms with Crippen LogP contribution in [0.1, 0.15) is 20.8 Å².